The van der Waals surface area contributed by atoms with Gasteiger partial charge in [-0.2, -0.15) is 0 Å². The Morgan fingerprint density at radius 3 is 2.31 bits per heavy atom. The Morgan fingerprint density at radius 1 is 1.04 bits per heavy atom. The van der Waals surface area contributed by atoms with Crippen molar-refractivity contribution >= 4 is 5.91 Å². The second-order valence-electron chi connectivity index (χ2n) is 7.90. The molecule has 1 N–H and O–H groups in total. The predicted molar refractivity (Wildman–Crippen MR) is 106 cm³/mol. The minimum atomic E-state index is 0.197. The number of hydrogen-bond donors (Lipinski definition) is 1. The molecule has 0 bridgehead atoms. The zero-order chi connectivity index (χ0) is 18.4. The number of carbonyl (C=O) groups is 1. The van der Waals surface area contributed by atoms with E-state index in [1.165, 1.54) is 12.0 Å². The van der Waals surface area contributed by atoms with E-state index in [2.05, 4.69) is 34.3 Å². The van der Waals surface area contributed by atoms with Crippen molar-refractivity contribution in [2.24, 2.45) is 5.92 Å². The van der Waals surface area contributed by atoms with Gasteiger partial charge >= 0.3 is 0 Å². The molecule has 2 aliphatic heterocycles. The van der Waals surface area contributed by atoms with Crippen LogP contribution in [0.5, 0.6) is 0 Å². The predicted octanol–water partition coefficient (Wildman–Crippen LogP) is 1.90. The van der Waals surface area contributed by atoms with Crippen LogP contribution in [0.4, 0.5) is 0 Å². The number of benzene rings is 1. The highest BCUT2D eigenvalue weighted by Crippen LogP contribution is 2.21. The third-order valence-corrected chi connectivity index (χ3v) is 5.91. The molecule has 26 heavy (non-hydrogen) atoms. The number of piperazine rings is 1. The van der Waals surface area contributed by atoms with E-state index in [-0.39, 0.29) is 5.91 Å². The molecule has 0 atom stereocenters. The van der Waals surface area contributed by atoms with Crippen molar-refractivity contribution in [3.8, 4) is 0 Å². The van der Waals surface area contributed by atoms with Gasteiger partial charge in [-0.25, -0.2) is 0 Å². The average molecular weight is 359 g/mol. The van der Waals surface area contributed by atoms with E-state index in [1.807, 2.05) is 24.1 Å². The Kier molecular flexibility index (Phi) is 7.06. The number of hydrogen-bond acceptors (Lipinski definition) is 4. The Morgan fingerprint density at radius 2 is 1.69 bits per heavy atom. The molecule has 0 unspecified atom stereocenters. The van der Waals surface area contributed by atoms with Gasteiger partial charge in [0.05, 0.1) is 0 Å². The van der Waals surface area contributed by atoms with E-state index in [4.69, 9.17) is 0 Å². The molecule has 0 spiro atoms. The molecule has 5 heteroatoms. The molecule has 0 aliphatic carbocycles. The van der Waals surface area contributed by atoms with Crippen LogP contribution in [0.25, 0.3) is 0 Å². The standard InChI is InChI=1S/C21H34N4O/c1-22-10-7-18-8-11-25(12-9-18)21(26)20-5-3-19(4-6-20)17-24-15-13-23(2)14-16-24/h3-6,18,22H,7-17H2,1-2H3. The van der Waals surface area contributed by atoms with Gasteiger partial charge in [0.2, 0.25) is 0 Å². The van der Waals surface area contributed by atoms with E-state index < -0.39 is 0 Å². The van der Waals surface area contributed by atoms with Gasteiger partial charge in [-0.3, -0.25) is 9.69 Å². The van der Waals surface area contributed by atoms with Crippen LogP contribution in [-0.2, 0) is 6.54 Å². The Bertz CT molecular complexity index is 558. The third kappa shape index (κ3) is 5.29. The van der Waals surface area contributed by atoms with Gasteiger partial charge < -0.3 is 15.1 Å². The summed E-state index contributed by atoms with van der Waals surface area (Å²) in [5, 5.41) is 3.23. The van der Waals surface area contributed by atoms with Crippen LogP contribution in [0.2, 0.25) is 0 Å². The van der Waals surface area contributed by atoms with Crippen molar-refractivity contribution in [2.75, 3.05) is 59.9 Å². The minimum absolute atomic E-state index is 0.197. The van der Waals surface area contributed by atoms with Crippen LogP contribution in [-0.4, -0.2) is 80.5 Å². The normalized spacial score (nSPS) is 20.5. The van der Waals surface area contributed by atoms with Crippen LogP contribution in [0, 0.1) is 5.92 Å². The highest BCUT2D eigenvalue weighted by molar-refractivity contribution is 5.94. The van der Waals surface area contributed by atoms with E-state index >= 15 is 0 Å². The average Bonchev–Trinajstić information content (AvgIpc) is 2.68. The second kappa shape index (κ2) is 9.49. The summed E-state index contributed by atoms with van der Waals surface area (Å²) in [6.45, 7) is 8.39. The summed E-state index contributed by atoms with van der Waals surface area (Å²) in [7, 11) is 4.19. The maximum absolute atomic E-state index is 12.8. The first-order valence-electron chi connectivity index (χ1n) is 10.1. The zero-order valence-electron chi connectivity index (χ0n) is 16.4. The van der Waals surface area contributed by atoms with Crippen molar-refractivity contribution in [2.45, 2.75) is 25.8 Å². The van der Waals surface area contributed by atoms with E-state index in [9.17, 15) is 4.79 Å². The van der Waals surface area contributed by atoms with Crippen molar-refractivity contribution in [3.05, 3.63) is 35.4 Å². The lowest BCUT2D eigenvalue weighted by molar-refractivity contribution is 0.0687. The maximum atomic E-state index is 12.8. The number of carbonyl (C=O) groups excluding carboxylic acids is 1. The highest BCUT2D eigenvalue weighted by atomic mass is 16.2. The number of nitrogens with one attached hydrogen (secondary N) is 1. The fourth-order valence-corrected chi connectivity index (χ4v) is 3.97. The number of rotatable bonds is 6. The van der Waals surface area contributed by atoms with E-state index in [0.29, 0.717) is 0 Å². The van der Waals surface area contributed by atoms with Gasteiger partial charge in [-0.05, 0) is 63.5 Å². The van der Waals surface area contributed by atoms with Crippen LogP contribution in [0.3, 0.4) is 0 Å². The van der Waals surface area contributed by atoms with Gasteiger partial charge in [0.15, 0.2) is 0 Å². The Hall–Kier alpha value is -1.43. The lowest BCUT2D eigenvalue weighted by atomic mass is 9.93. The number of likely N-dealkylation sites (tertiary alicyclic amines) is 1. The first-order chi connectivity index (χ1) is 12.7. The molecule has 5 nitrogen and oxygen atoms in total. The number of likely N-dealkylation sites (N-methyl/N-ethyl adjacent to an activating group) is 1. The number of nitrogens with zero attached hydrogens (tertiary/aromatic N) is 3. The summed E-state index contributed by atoms with van der Waals surface area (Å²) < 4.78 is 0. The molecule has 2 heterocycles. The van der Waals surface area contributed by atoms with Gasteiger partial charge in [-0.1, -0.05) is 12.1 Å². The molecule has 2 aliphatic rings. The monoisotopic (exact) mass is 358 g/mol. The fraction of sp³-hybridized carbons (Fsp3) is 0.667. The summed E-state index contributed by atoms with van der Waals surface area (Å²) in [5.74, 6) is 0.959. The molecule has 2 fully saturated rings. The summed E-state index contributed by atoms with van der Waals surface area (Å²) in [6.07, 6.45) is 3.49. The Labute approximate surface area is 158 Å². The minimum Gasteiger partial charge on any atom is -0.339 e. The molecule has 0 saturated carbocycles. The molecule has 2 saturated heterocycles. The lowest BCUT2D eigenvalue weighted by Gasteiger charge is -2.33. The molecule has 0 radical (unpaired) electrons. The van der Waals surface area contributed by atoms with Crippen LogP contribution >= 0.6 is 0 Å². The van der Waals surface area contributed by atoms with Crippen molar-refractivity contribution in [1.82, 2.24) is 20.0 Å². The SMILES string of the molecule is CNCCC1CCN(C(=O)c2ccc(CN3CCN(C)CC3)cc2)CC1. The smallest absolute Gasteiger partial charge is 0.253 e. The molecule has 0 aromatic heterocycles. The van der Waals surface area contributed by atoms with Gasteiger partial charge in [-0.15, -0.1) is 0 Å². The van der Waals surface area contributed by atoms with Crippen molar-refractivity contribution < 1.29 is 4.79 Å². The highest BCUT2D eigenvalue weighted by Gasteiger charge is 2.23. The van der Waals surface area contributed by atoms with Crippen LogP contribution in [0.1, 0.15) is 35.2 Å². The molecule has 1 aromatic rings. The van der Waals surface area contributed by atoms with Crippen molar-refractivity contribution in [3.63, 3.8) is 0 Å². The summed E-state index contributed by atoms with van der Waals surface area (Å²) in [4.78, 5) is 19.7. The summed E-state index contributed by atoms with van der Waals surface area (Å²) in [5.41, 5.74) is 2.14. The molecular weight excluding hydrogens is 324 g/mol. The summed E-state index contributed by atoms with van der Waals surface area (Å²) >= 11 is 0. The van der Waals surface area contributed by atoms with Gasteiger partial charge in [0.25, 0.3) is 5.91 Å². The van der Waals surface area contributed by atoms with Gasteiger partial charge in [0, 0.05) is 51.4 Å². The fourth-order valence-electron chi connectivity index (χ4n) is 3.97. The number of piperidine rings is 1. The quantitative estimate of drug-likeness (QED) is 0.843. The third-order valence-electron chi connectivity index (χ3n) is 5.91. The molecule has 1 amide bonds. The largest absolute Gasteiger partial charge is 0.339 e. The van der Waals surface area contributed by atoms with E-state index in [0.717, 1.165) is 76.7 Å². The van der Waals surface area contributed by atoms with Gasteiger partial charge in [0.1, 0.15) is 0 Å². The topological polar surface area (TPSA) is 38.8 Å². The molecule has 1 aromatic carbocycles. The molecular formula is C21H34N4O. The lowest BCUT2D eigenvalue weighted by Crippen LogP contribution is -2.43. The maximum Gasteiger partial charge on any atom is 0.253 e. The second-order valence-corrected chi connectivity index (χ2v) is 7.90. The molecule has 144 valence electrons. The van der Waals surface area contributed by atoms with Crippen LogP contribution in [0.15, 0.2) is 24.3 Å². The first-order valence-corrected chi connectivity index (χ1v) is 10.1. The Balaban J connectivity index is 1.48. The summed E-state index contributed by atoms with van der Waals surface area (Å²) in [6, 6.07) is 8.29. The number of amides is 1. The van der Waals surface area contributed by atoms with Crippen molar-refractivity contribution in [1.29, 1.82) is 0 Å². The first kappa shape index (κ1) is 19.3. The zero-order valence-corrected chi connectivity index (χ0v) is 16.4. The van der Waals surface area contributed by atoms with Crippen LogP contribution < -0.4 is 5.32 Å². The van der Waals surface area contributed by atoms with E-state index in [1.54, 1.807) is 0 Å². The molecule has 3 rings (SSSR count).